The van der Waals surface area contributed by atoms with E-state index in [4.69, 9.17) is 27.9 Å². The van der Waals surface area contributed by atoms with Gasteiger partial charge in [0.25, 0.3) is 5.91 Å². The molecule has 0 spiro atoms. The molecule has 0 saturated heterocycles. The number of benzene rings is 2. The zero-order valence-corrected chi connectivity index (χ0v) is 14.1. The lowest BCUT2D eigenvalue weighted by Crippen LogP contribution is -2.30. The highest BCUT2D eigenvalue weighted by Crippen LogP contribution is 2.20. The molecule has 4 nitrogen and oxygen atoms in total. The Morgan fingerprint density at radius 2 is 1.65 bits per heavy atom. The number of hydrogen-bond acceptors (Lipinski definition) is 3. The van der Waals surface area contributed by atoms with E-state index in [0.717, 1.165) is 5.56 Å². The lowest BCUT2D eigenvalue weighted by atomic mass is 10.2. The summed E-state index contributed by atoms with van der Waals surface area (Å²) in [5.74, 6) is -1.02. The Bertz CT molecular complexity index is 729. The second-order valence-electron chi connectivity index (χ2n) is 5.00. The van der Waals surface area contributed by atoms with Gasteiger partial charge < -0.3 is 10.1 Å². The van der Waals surface area contributed by atoms with Gasteiger partial charge in [-0.05, 0) is 55.8 Å². The first kappa shape index (κ1) is 17.3. The minimum atomic E-state index is -0.948. The van der Waals surface area contributed by atoms with Gasteiger partial charge >= 0.3 is 5.97 Å². The van der Waals surface area contributed by atoms with Crippen molar-refractivity contribution in [2.24, 2.45) is 0 Å². The lowest BCUT2D eigenvalue weighted by Gasteiger charge is -2.15. The summed E-state index contributed by atoms with van der Waals surface area (Å²) in [6, 6.07) is 11.4. The van der Waals surface area contributed by atoms with Crippen LogP contribution in [0.25, 0.3) is 0 Å². The Morgan fingerprint density at radius 3 is 2.30 bits per heavy atom. The molecule has 6 heteroatoms. The number of ether oxygens (including phenoxy) is 1. The molecule has 0 radical (unpaired) electrons. The molecule has 0 fully saturated rings. The summed E-state index contributed by atoms with van der Waals surface area (Å²) >= 11 is 11.7. The molecule has 1 unspecified atom stereocenters. The molecule has 120 valence electrons. The summed E-state index contributed by atoms with van der Waals surface area (Å²) in [5.41, 5.74) is 1.77. The Balaban J connectivity index is 2.01. The molecule has 1 N–H and O–H groups in total. The van der Waals surface area contributed by atoms with Crippen LogP contribution in [0.5, 0.6) is 0 Å². The lowest BCUT2D eigenvalue weighted by molar-refractivity contribution is -0.123. The van der Waals surface area contributed by atoms with Gasteiger partial charge in [0.2, 0.25) is 0 Å². The zero-order chi connectivity index (χ0) is 17.0. The molecule has 1 amide bonds. The van der Waals surface area contributed by atoms with E-state index < -0.39 is 18.0 Å². The number of rotatable bonds is 4. The Labute approximate surface area is 144 Å². The quantitative estimate of drug-likeness (QED) is 0.825. The van der Waals surface area contributed by atoms with Crippen LogP contribution in [0.3, 0.4) is 0 Å². The Morgan fingerprint density at radius 1 is 1.04 bits per heavy atom. The molecule has 23 heavy (non-hydrogen) atoms. The fraction of sp³-hybridized carbons (Fsp3) is 0.176. The van der Waals surface area contributed by atoms with Gasteiger partial charge in [-0.2, -0.15) is 0 Å². The maximum atomic E-state index is 12.1. The maximum Gasteiger partial charge on any atom is 0.338 e. The average molecular weight is 352 g/mol. The highest BCUT2D eigenvalue weighted by molar-refractivity contribution is 6.31. The van der Waals surface area contributed by atoms with Crippen molar-refractivity contribution in [3.63, 3.8) is 0 Å². The third-order valence-corrected chi connectivity index (χ3v) is 3.68. The largest absolute Gasteiger partial charge is 0.449 e. The number of carbonyl (C=O) groups excluding carboxylic acids is 2. The predicted molar refractivity (Wildman–Crippen MR) is 91.1 cm³/mol. The van der Waals surface area contributed by atoms with Gasteiger partial charge in [-0.3, -0.25) is 4.79 Å². The average Bonchev–Trinajstić information content (AvgIpc) is 2.51. The summed E-state index contributed by atoms with van der Waals surface area (Å²) in [7, 11) is 0. The van der Waals surface area contributed by atoms with E-state index in [9.17, 15) is 9.59 Å². The molecule has 1 atom stereocenters. The number of nitrogens with one attached hydrogen (secondary N) is 1. The number of halogens is 2. The maximum absolute atomic E-state index is 12.1. The standard InChI is InChI=1S/C17H15Cl2NO3/c1-10-3-6-14(19)9-15(10)20-16(21)11(2)23-17(22)12-4-7-13(18)8-5-12/h3-9,11H,1-2H3,(H,20,21). The summed E-state index contributed by atoms with van der Waals surface area (Å²) in [5, 5.41) is 3.72. The van der Waals surface area contributed by atoms with Crippen LogP contribution in [0.4, 0.5) is 5.69 Å². The monoisotopic (exact) mass is 351 g/mol. The van der Waals surface area contributed by atoms with Crippen LogP contribution < -0.4 is 5.32 Å². The smallest absolute Gasteiger partial charge is 0.338 e. The van der Waals surface area contributed by atoms with Gasteiger partial charge in [-0.1, -0.05) is 29.3 Å². The first-order valence-corrected chi connectivity index (χ1v) is 7.66. The molecular formula is C17H15Cl2NO3. The number of anilines is 1. The number of aryl methyl sites for hydroxylation is 1. The fourth-order valence-corrected chi connectivity index (χ4v) is 2.13. The van der Waals surface area contributed by atoms with Gasteiger partial charge in [-0.25, -0.2) is 4.79 Å². The summed E-state index contributed by atoms with van der Waals surface area (Å²) < 4.78 is 5.15. The Kier molecular flexibility index (Phi) is 5.64. The van der Waals surface area contributed by atoms with E-state index in [1.165, 1.54) is 19.1 Å². The van der Waals surface area contributed by atoms with Crippen LogP contribution in [-0.2, 0) is 9.53 Å². The number of amides is 1. The molecule has 0 bridgehead atoms. The molecule has 2 aromatic rings. The van der Waals surface area contributed by atoms with Crippen LogP contribution in [0.15, 0.2) is 42.5 Å². The van der Waals surface area contributed by atoms with Gasteiger partial charge in [0.15, 0.2) is 6.10 Å². The van der Waals surface area contributed by atoms with Gasteiger partial charge in [-0.15, -0.1) is 0 Å². The molecule has 0 aliphatic carbocycles. The van der Waals surface area contributed by atoms with Crippen molar-refractivity contribution in [1.29, 1.82) is 0 Å². The summed E-state index contributed by atoms with van der Waals surface area (Å²) in [6.45, 7) is 3.35. The number of hydrogen-bond donors (Lipinski definition) is 1. The highest BCUT2D eigenvalue weighted by atomic mass is 35.5. The fourth-order valence-electron chi connectivity index (χ4n) is 1.83. The molecule has 2 aromatic carbocycles. The summed E-state index contributed by atoms with van der Waals surface area (Å²) in [6.07, 6.45) is -0.948. The Hall–Kier alpha value is -2.04. The number of esters is 1. The van der Waals surface area contributed by atoms with E-state index in [1.54, 1.807) is 30.3 Å². The minimum Gasteiger partial charge on any atom is -0.449 e. The second-order valence-corrected chi connectivity index (χ2v) is 5.88. The normalized spacial score (nSPS) is 11.7. The third kappa shape index (κ3) is 4.71. The van der Waals surface area contributed by atoms with Crippen LogP contribution >= 0.6 is 23.2 Å². The predicted octanol–water partition coefficient (Wildman–Crippen LogP) is 4.49. The molecule has 0 aliphatic rings. The van der Waals surface area contributed by atoms with Gasteiger partial charge in [0.05, 0.1) is 5.56 Å². The molecule has 0 saturated carbocycles. The van der Waals surface area contributed by atoms with Crippen LogP contribution in [0.2, 0.25) is 10.0 Å². The second kappa shape index (κ2) is 7.49. The van der Waals surface area contributed by atoms with E-state index in [2.05, 4.69) is 5.32 Å². The van der Waals surface area contributed by atoms with E-state index in [1.807, 2.05) is 6.92 Å². The molecule has 0 heterocycles. The highest BCUT2D eigenvalue weighted by Gasteiger charge is 2.19. The van der Waals surface area contributed by atoms with E-state index in [0.29, 0.717) is 21.3 Å². The van der Waals surface area contributed by atoms with Crippen LogP contribution in [0, 0.1) is 6.92 Å². The van der Waals surface area contributed by atoms with Gasteiger partial charge in [0.1, 0.15) is 0 Å². The summed E-state index contributed by atoms with van der Waals surface area (Å²) in [4.78, 5) is 24.1. The molecule has 0 aromatic heterocycles. The van der Waals surface area contributed by atoms with Crippen molar-refractivity contribution in [2.75, 3.05) is 5.32 Å². The molecule has 0 aliphatic heterocycles. The van der Waals surface area contributed by atoms with Crippen molar-refractivity contribution in [1.82, 2.24) is 0 Å². The van der Waals surface area contributed by atoms with E-state index in [-0.39, 0.29) is 0 Å². The molecule has 2 rings (SSSR count). The van der Waals surface area contributed by atoms with Crippen molar-refractivity contribution < 1.29 is 14.3 Å². The molecular weight excluding hydrogens is 337 g/mol. The zero-order valence-electron chi connectivity index (χ0n) is 12.6. The first-order valence-electron chi connectivity index (χ1n) is 6.90. The van der Waals surface area contributed by atoms with Crippen molar-refractivity contribution in [3.05, 3.63) is 63.6 Å². The van der Waals surface area contributed by atoms with Crippen molar-refractivity contribution in [2.45, 2.75) is 20.0 Å². The van der Waals surface area contributed by atoms with E-state index >= 15 is 0 Å². The van der Waals surface area contributed by atoms with Gasteiger partial charge in [0, 0.05) is 15.7 Å². The van der Waals surface area contributed by atoms with Crippen molar-refractivity contribution >= 4 is 40.8 Å². The van der Waals surface area contributed by atoms with Crippen LogP contribution in [0.1, 0.15) is 22.8 Å². The third-order valence-electron chi connectivity index (χ3n) is 3.19. The first-order chi connectivity index (χ1) is 10.9. The minimum absolute atomic E-state index is 0.327. The van der Waals surface area contributed by atoms with Crippen LogP contribution in [-0.4, -0.2) is 18.0 Å². The number of carbonyl (C=O) groups is 2. The van der Waals surface area contributed by atoms with Crippen molar-refractivity contribution in [3.8, 4) is 0 Å². The SMILES string of the molecule is Cc1ccc(Cl)cc1NC(=O)C(C)OC(=O)c1ccc(Cl)cc1. The topological polar surface area (TPSA) is 55.4 Å².